The van der Waals surface area contributed by atoms with Crippen LogP contribution in [0.5, 0.6) is 0 Å². The average Bonchev–Trinajstić information content (AvgIpc) is 3.40. The predicted octanol–water partition coefficient (Wildman–Crippen LogP) is 18.0. The number of carbonyl (C=O) groups excluding carboxylic acids is 3. The number of likely N-dealkylation sites (N-methyl/N-ethyl adjacent to an activating group) is 1. The van der Waals surface area contributed by atoms with Crippen molar-refractivity contribution in [1.29, 1.82) is 0 Å². The summed E-state index contributed by atoms with van der Waals surface area (Å²) in [5, 5.41) is 11.8. The van der Waals surface area contributed by atoms with Crippen LogP contribution in [0.3, 0.4) is 0 Å². The lowest BCUT2D eigenvalue weighted by molar-refractivity contribution is -0.870. The van der Waals surface area contributed by atoms with Gasteiger partial charge in [-0.25, -0.2) is 0 Å². The fourth-order valence-electron chi connectivity index (χ4n) is 8.96. The molecule has 2 unspecified atom stereocenters. The number of hydrogen-bond donors (Lipinski definition) is 0. The van der Waals surface area contributed by atoms with Crippen molar-refractivity contribution in [1.82, 2.24) is 0 Å². The molecule has 0 heterocycles. The van der Waals surface area contributed by atoms with Crippen molar-refractivity contribution >= 4 is 17.9 Å². The zero-order valence-corrected chi connectivity index (χ0v) is 50.8. The number of unbranched alkanes of at least 4 members (excludes halogenated alkanes) is 32. The zero-order chi connectivity index (χ0) is 56.2. The molecule has 0 aliphatic heterocycles. The van der Waals surface area contributed by atoms with E-state index in [4.69, 9.17) is 18.9 Å². The number of nitrogens with zero attached hydrogens (tertiary/aromatic N) is 1. The third kappa shape index (κ3) is 60.2. The van der Waals surface area contributed by atoms with Crippen molar-refractivity contribution in [2.75, 3.05) is 47.5 Å². The molecule has 2 atom stereocenters. The first-order valence-corrected chi connectivity index (χ1v) is 32.1. The highest BCUT2D eigenvalue weighted by molar-refractivity contribution is 5.70. The van der Waals surface area contributed by atoms with Gasteiger partial charge in [-0.3, -0.25) is 9.59 Å². The van der Waals surface area contributed by atoms with Crippen LogP contribution in [0.25, 0.3) is 0 Å². The molecule has 446 valence electrons. The Morgan fingerprint density at radius 3 is 1.04 bits per heavy atom. The molecule has 0 saturated carbocycles. The van der Waals surface area contributed by atoms with Crippen LogP contribution in [0.15, 0.2) is 72.9 Å². The molecule has 0 radical (unpaired) electrons. The number of hydrogen-bond acceptors (Lipinski definition) is 8. The second kappa shape index (κ2) is 58.9. The number of ether oxygens (including phenoxy) is 4. The van der Waals surface area contributed by atoms with Crippen LogP contribution < -0.4 is 5.11 Å². The first kappa shape index (κ1) is 73.7. The minimum absolute atomic E-state index is 0.144. The molecule has 0 fully saturated rings. The molecule has 0 amide bonds. The number of carboxylic acids is 1. The van der Waals surface area contributed by atoms with Gasteiger partial charge >= 0.3 is 11.9 Å². The largest absolute Gasteiger partial charge is 0.545 e. The van der Waals surface area contributed by atoms with Gasteiger partial charge < -0.3 is 33.3 Å². The molecule has 9 heteroatoms. The van der Waals surface area contributed by atoms with Gasteiger partial charge in [0.05, 0.1) is 40.3 Å². The Kier molecular flexibility index (Phi) is 56.4. The normalized spacial score (nSPS) is 13.2. The standard InChI is InChI=1S/C68H121NO8/c1-6-8-10-12-14-16-18-20-22-24-26-28-30-32-33-35-37-39-41-43-45-47-49-51-53-55-57-59-66(71)77-64(63-76-68(67(72)73)74-61-60-69(3,4)5)62-75-65(70)58-56-54-52-50-48-46-44-42-40-38-36-34-31-29-27-25-23-21-19-17-15-13-11-9-7-2/h18-21,24-27,30-32,34,64,68H,6-17,22-23,28-29,33,35-63H2,1-5H3/b20-18-,21-19-,26-24-,27-25-,32-30-,34-31-. The molecule has 0 aromatic heterocycles. The van der Waals surface area contributed by atoms with Gasteiger partial charge in [-0.05, 0) is 89.9 Å². The summed E-state index contributed by atoms with van der Waals surface area (Å²) in [5.41, 5.74) is 0. The molecule has 77 heavy (non-hydrogen) atoms. The highest BCUT2D eigenvalue weighted by Gasteiger charge is 2.22. The van der Waals surface area contributed by atoms with Crippen LogP contribution in [-0.2, 0) is 33.3 Å². The molecule has 0 aliphatic rings. The van der Waals surface area contributed by atoms with Crippen molar-refractivity contribution in [3.8, 4) is 0 Å². The van der Waals surface area contributed by atoms with Crippen molar-refractivity contribution in [2.24, 2.45) is 0 Å². The van der Waals surface area contributed by atoms with Crippen molar-refractivity contribution in [3.63, 3.8) is 0 Å². The van der Waals surface area contributed by atoms with Gasteiger partial charge in [-0.2, -0.15) is 0 Å². The number of esters is 2. The van der Waals surface area contributed by atoms with Crippen LogP contribution in [0.1, 0.15) is 284 Å². The molecular weight excluding hydrogens is 959 g/mol. The Morgan fingerprint density at radius 2 is 0.701 bits per heavy atom. The minimum atomic E-state index is -1.63. The molecule has 0 aromatic rings. The van der Waals surface area contributed by atoms with Gasteiger partial charge in [0.2, 0.25) is 0 Å². The van der Waals surface area contributed by atoms with Crippen molar-refractivity contribution < 1.29 is 42.9 Å². The Hall–Kier alpha value is -3.27. The maximum atomic E-state index is 12.9. The number of rotatable bonds is 59. The van der Waals surface area contributed by atoms with E-state index in [1.54, 1.807) is 0 Å². The quantitative estimate of drug-likeness (QED) is 0.0195. The minimum Gasteiger partial charge on any atom is -0.545 e. The number of carbonyl (C=O) groups is 3. The van der Waals surface area contributed by atoms with Gasteiger partial charge in [0.15, 0.2) is 12.4 Å². The highest BCUT2D eigenvalue weighted by Crippen LogP contribution is 2.16. The van der Waals surface area contributed by atoms with E-state index in [-0.39, 0.29) is 38.6 Å². The number of quaternary nitrogens is 1. The number of aliphatic carboxylic acids is 1. The van der Waals surface area contributed by atoms with Crippen molar-refractivity contribution in [3.05, 3.63) is 72.9 Å². The molecule has 0 aromatic carbocycles. The summed E-state index contributed by atoms with van der Waals surface area (Å²) >= 11 is 0. The summed E-state index contributed by atoms with van der Waals surface area (Å²) in [4.78, 5) is 37.4. The maximum absolute atomic E-state index is 12.9. The number of carboxylic acid groups (broad SMARTS) is 1. The van der Waals surface area contributed by atoms with Gasteiger partial charge in [0.25, 0.3) is 0 Å². The smallest absolute Gasteiger partial charge is 0.306 e. The number of allylic oxidation sites excluding steroid dienone is 12. The van der Waals surface area contributed by atoms with E-state index in [9.17, 15) is 19.5 Å². The predicted molar refractivity (Wildman–Crippen MR) is 325 cm³/mol. The van der Waals surface area contributed by atoms with Gasteiger partial charge in [0, 0.05) is 12.8 Å². The molecule has 0 rings (SSSR count). The lowest BCUT2D eigenvalue weighted by atomic mass is 10.0. The first-order chi connectivity index (χ1) is 37.6. The van der Waals surface area contributed by atoms with E-state index in [2.05, 4.69) is 86.8 Å². The van der Waals surface area contributed by atoms with E-state index in [0.717, 1.165) is 64.2 Å². The summed E-state index contributed by atoms with van der Waals surface area (Å²) in [6, 6.07) is 0. The van der Waals surface area contributed by atoms with Crippen LogP contribution in [0, 0.1) is 0 Å². The molecular formula is C68H121NO8. The maximum Gasteiger partial charge on any atom is 0.306 e. The van der Waals surface area contributed by atoms with Crippen LogP contribution >= 0.6 is 0 Å². The summed E-state index contributed by atoms with van der Waals surface area (Å²) in [5.74, 6) is -2.28. The van der Waals surface area contributed by atoms with E-state index < -0.39 is 24.3 Å². The fourth-order valence-corrected chi connectivity index (χ4v) is 8.96. The summed E-state index contributed by atoms with van der Waals surface area (Å²) in [7, 11) is 5.93. The van der Waals surface area contributed by atoms with Crippen LogP contribution in [0.2, 0.25) is 0 Å². The third-order valence-corrected chi connectivity index (χ3v) is 13.9. The Morgan fingerprint density at radius 1 is 0.390 bits per heavy atom. The Labute approximate surface area is 475 Å². The van der Waals surface area contributed by atoms with Gasteiger partial charge in [-0.1, -0.05) is 254 Å². The average molecular weight is 1080 g/mol. The molecule has 0 saturated heterocycles. The lowest BCUT2D eigenvalue weighted by Crippen LogP contribution is -2.44. The Balaban J connectivity index is 4.20. The third-order valence-electron chi connectivity index (χ3n) is 13.9. The summed E-state index contributed by atoms with van der Waals surface area (Å²) in [6.45, 7) is 4.74. The van der Waals surface area contributed by atoms with Crippen molar-refractivity contribution in [2.45, 2.75) is 296 Å². The SMILES string of the molecule is CCCCCCC/C=C\C/C=C\C/C=C\CCCCCCCCCCCCCCC(=O)OC(COC(=O)CCCCCCCCCCCC/C=C\C/C=C\C/C=C\CCCCCCC)COC(OCC[N+](C)(C)C)C(=O)[O-]. The molecule has 0 bridgehead atoms. The van der Waals surface area contributed by atoms with E-state index >= 15 is 0 Å². The van der Waals surface area contributed by atoms with Crippen LogP contribution in [0.4, 0.5) is 0 Å². The molecule has 0 spiro atoms. The fraction of sp³-hybridized carbons (Fsp3) is 0.779. The van der Waals surface area contributed by atoms with E-state index in [1.165, 1.54) is 186 Å². The van der Waals surface area contributed by atoms with Crippen LogP contribution in [-0.4, -0.2) is 82.3 Å². The first-order valence-electron chi connectivity index (χ1n) is 32.1. The summed E-state index contributed by atoms with van der Waals surface area (Å²) in [6.07, 6.45) is 73.8. The van der Waals surface area contributed by atoms with E-state index in [1.807, 2.05) is 21.1 Å². The zero-order valence-electron chi connectivity index (χ0n) is 50.8. The Bertz CT molecular complexity index is 1490. The monoisotopic (exact) mass is 1080 g/mol. The van der Waals surface area contributed by atoms with E-state index in [0.29, 0.717) is 17.4 Å². The highest BCUT2D eigenvalue weighted by atomic mass is 16.7. The molecule has 9 nitrogen and oxygen atoms in total. The molecule has 0 N–H and O–H groups in total. The second-order valence-electron chi connectivity index (χ2n) is 22.7. The topological polar surface area (TPSA) is 111 Å². The van der Waals surface area contributed by atoms with Gasteiger partial charge in [-0.15, -0.1) is 0 Å². The summed E-state index contributed by atoms with van der Waals surface area (Å²) < 4.78 is 22.8. The van der Waals surface area contributed by atoms with Gasteiger partial charge in [0.1, 0.15) is 13.2 Å². The second-order valence-corrected chi connectivity index (χ2v) is 22.7. The molecule has 0 aliphatic carbocycles. The lowest BCUT2D eigenvalue weighted by Gasteiger charge is -2.26.